The SMILES string of the molecule is CC(CNC(=O)[C@@H](N)C(C)(C)C)CN1CCOCC1.Cl.Cl. The van der Waals surface area contributed by atoms with Gasteiger partial charge in [0, 0.05) is 26.2 Å². The molecule has 0 spiro atoms. The highest BCUT2D eigenvalue weighted by molar-refractivity contribution is 5.85. The lowest BCUT2D eigenvalue weighted by Crippen LogP contribution is -2.50. The van der Waals surface area contributed by atoms with Crippen LogP contribution in [-0.2, 0) is 9.53 Å². The first kappa shape index (κ1) is 23.2. The van der Waals surface area contributed by atoms with Gasteiger partial charge in [0.05, 0.1) is 19.3 Å². The maximum Gasteiger partial charge on any atom is 0.237 e. The van der Waals surface area contributed by atoms with Crippen LogP contribution in [0.1, 0.15) is 27.7 Å². The maximum absolute atomic E-state index is 11.9. The Labute approximate surface area is 141 Å². The first-order valence-electron chi connectivity index (χ1n) is 7.14. The summed E-state index contributed by atoms with van der Waals surface area (Å²) in [5.41, 5.74) is 5.73. The van der Waals surface area contributed by atoms with E-state index in [-0.39, 0.29) is 36.1 Å². The van der Waals surface area contributed by atoms with Crippen molar-refractivity contribution in [2.45, 2.75) is 33.7 Å². The molecule has 0 radical (unpaired) electrons. The monoisotopic (exact) mass is 343 g/mol. The molecular weight excluding hydrogens is 313 g/mol. The number of rotatable bonds is 5. The number of ether oxygens (including phenoxy) is 1. The van der Waals surface area contributed by atoms with Crippen molar-refractivity contribution in [3.63, 3.8) is 0 Å². The van der Waals surface area contributed by atoms with Gasteiger partial charge in [-0.2, -0.15) is 0 Å². The van der Waals surface area contributed by atoms with E-state index in [1.54, 1.807) is 0 Å². The molecule has 1 aliphatic rings. The Morgan fingerprint density at radius 3 is 2.29 bits per heavy atom. The van der Waals surface area contributed by atoms with E-state index in [0.717, 1.165) is 32.8 Å². The number of hydrogen-bond acceptors (Lipinski definition) is 4. The fourth-order valence-electron chi connectivity index (χ4n) is 2.07. The molecule has 5 nitrogen and oxygen atoms in total. The third-order valence-corrected chi connectivity index (χ3v) is 3.51. The van der Waals surface area contributed by atoms with Gasteiger partial charge < -0.3 is 15.8 Å². The van der Waals surface area contributed by atoms with E-state index in [9.17, 15) is 4.79 Å². The Balaban J connectivity index is 0. The zero-order valence-electron chi connectivity index (χ0n) is 13.6. The van der Waals surface area contributed by atoms with Crippen molar-refractivity contribution in [2.24, 2.45) is 17.1 Å². The van der Waals surface area contributed by atoms with Crippen LogP contribution in [0.4, 0.5) is 0 Å². The van der Waals surface area contributed by atoms with Crippen LogP contribution >= 0.6 is 24.8 Å². The molecule has 7 heteroatoms. The number of nitrogens with two attached hydrogens (primary N) is 1. The van der Waals surface area contributed by atoms with Crippen LogP contribution in [0.5, 0.6) is 0 Å². The molecule has 0 saturated carbocycles. The third-order valence-electron chi connectivity index (χ3n) is 3.51. The fourth-order valence-corrected chi connectivity index (χ4v) is 2.07. The molecule has 0 aromatic rings. The van der Waals surface area contributed by atoms with Gasteiger partial charge in [-0.05, 0) is 11.3 Å². The molecule has 1 heterocycles. The summed E-state index contributed by atoms with van der Waals surface area (Å²) < 4.78 is 5.32. The summed E-state index contributed by atoms with van der Waals surface area (Å²) in [6.45, 7) is 13.4. The second-order valence-corrected chi connectivity index (χ2v) is 6.61. The molecule has 0 aromatic carbocycles. The van der Waals surface area contributed by atoms with Crippen LogP contribution in [0.3, 0.4) is 0 Å². The van der Waals surface area contributed by atoms with Crippen LogP contribution in [0.2, 0.25) is 0 Å². The minimum absolute atomic E-state index is 0. The number of nitrogens with zero attached hydrogens (tertiary/aromatic N) is 1. The van der Waals surface area contributed by atoms with Gasteiger partial charge in [-0.3, -0.25) is 9.69 Å². The van der Waals surface area contributed by atoms with Crippen molar-refractivity contribution in [1.29, 1.82) is 0 Å². The van der Waals surface area contributed by atoms with Gasteiger partial charge in [0.25, 0.3) is 0 Å². The van der Waals surface area contributed by atoms with Gasteiger partial charge in [0.15, 0.2) is 0 Å². The fraction of sp³-hybridized carbons (Fsp3) is 0.929. The molecule has 1 aliphatic heterocycles. The molecule has 2 atom stereocenters. The molecule has 0 aliphatic carbocycles. The summed E-state index contributed by atoms with van der Waals surface area (Å²) in [5, 5.41) is 2.96. The van der Waals surface area contributed by atoms with Gasteiger partial charge in [0.1, 0.15) is 0 Å². The Hall–Kier alpha value is -0.0700. The minimum Gasteiger partial charge on any atom is -0.379 e. The number of amides is 1. The van der Waals surface area contributed by atoms with Gasteiger partial charge in [-0.1, -0.05) is 27.7 Å². The molecule has 0 aromatic heterocycles. The number of carbonyl (C=O) groups is 1. The first-order chi connectivity index (χ1) is 8.80. The summed E-state index contributed by atoms with van der Waals surface area (Å²) in [4.78, 5) is 14.3. The highest BCUT2D eigenvalue weighted by atomic mass is 35.5. The van der Waals surface area contributed by atoms with E-state index in [0.29, 0.717) is 12.5 Å². The van der Waals surface area contributed by atoms with Gasteiger partial charge >= 0.3 is 0 Å². The maximum atomic E-state index is 11.9. The average molecular weight is 344 g/mol. The number of carbonyl (C=O) groups excluding carboxylic acids is 1. The standard InChI is InChI=1S/C14H29N3O2.2ClH/c1-11(10-17-5-7-19-8-6-17)9-16-13(18)12(15)14(2,3)4;;/h11-12H,5-10,15H2,1-4H3,(H,16,18);2*1H/t11?,12-;;/m1../s1. The zero-order chi connectivity index (χ0) is 14.5. The molecular formula is C14H31Cl2N3O2. The van der Waals surface area contributed by atoms with Crippen molar-refractivity contribution in [2.75, 3.05) is 39.4 Å². The molecule has 128 valence electrons. The summed E-state index contributed by atoms with van der Waals surface area (Å²) >= 11 is 0. The number of nitrogens with one attached hydrogen (secondary N) is 1. The van der Waals surface area contributed by atoms with E-state index in [1.165, 1.54) is 0 Å². The molecule has 1 rings (SSSR count). The lowest BCUT2D eigenvalue weighted by molar-refractivity contribution is -0.124. The quantitative estimate of drug-likeness (QED) is 0.789. The first-order valence-corrected chi connectivity index (χ1v) is 7.14. The number of halogens is 2. The molecule has 0 bridgehead atoms. The average Bonchev–Trinajstić information content (AvgIpc) is 2.35. The van der Waals surface area contributed by atoms with Crippen molar-refractivity contribution in [1.82, 2.24) is 10.2 Å². The zero-order valence-corrected chi connectivity index (χ0v) is 15.2. The normalized spacial score (nSPS) is 18.9. The lowest BCUT2D eigenvalue weighted by atomic mass is 9.87. The molecule has 1 fully saturated rings. The van der Waals surface area contributed by atoms with E-state index in [4.69, 9.17) is 10.5 Å². The predicted molar refractivity (Wildman–Crippen MR) is 91.4 cm³/mol. The summed E-state index contributed by atoms with van der Waals surface area (Å²) in [6.07, 6.45) is 0. The van der Waals surface area contributed by atoms with Crippen molar-refractivity contribution in [3.8, 4) is 0 Å². The summed E-state index contributed by atoms with van der Waals surface area (Å²) in [7, 11) is 0. The smallest absolute Gasteiger partial charge is 0.237 e. The van der Waals surface area contributed by atoms with E-state index in [1.807, 2.05) is 20.8 Å². The third kappa shape index (κ3) is 8.83. The molecule has 21 heavy (non-hydrogen) atoms. The second-order valence-electron chi connectivity index (χ2n) is 6.61. The highest BCUT2D eigenvalue weighted by Gasteiger charge is 2.27. The summed E-state index contributed by atoms with van der Waals surface area (Å²) in [6, 6.07) is -0.455. The van der Waals surface area contributed by atoms with E-state index in [2.05, 4.69) is 17.1 Å². The summed E-state index contributed by atoms with van der Waals surface area (Å²) in [5.74, 6) is 0.371. The lowest BCUT2D eigenvalue weighted by Gasteiger charge is -2.30. The molecule has 1 unspecified atom stereocenters. The van der Waals surface area contributed by atoms with Crippen LogP contribution in [0.25, 0.3) is 0 Å². The van der Waals surface area contributed by atoms with Crippen LogP contribution in [0.15, 0.2) is 0 Å². The molecule has 1 amide bonds. The van der Waals surface area contributed by atoms with E-state index < -0.39 is 6.04 Å². The van der Waals surface area contributed by atoms with Gasteiger partial charge in [0.2, 0.25) is 5.91 Å². The topological polar surface area (TPSA) is 67.6 Å². The van der Waals surface area contributed by atoms with Crippen LogP contribution in [0, 0.1) is 11.3 Å². The Morgan fingerprint density at radius 2 is 1.81 bits per heavy atom. The van der Waals surface area contributed by atoms with E-state index >= 15 is 0 Å². The van der Waals surface area contributed by atoms with Crippen molar-refractivity contribution < 1.29 is 9.53 Å². The van der Waals surface area contributed by atoms with Crippen molar-refractivity contribution >= 4 is 30.7 Å². The highest BCUT2D eigenvalue weighted by Crippen LogP contribution is 2.17. The largest absolute Gasteiger partial charge is 0.379 e. The van der Waals surface area contributed by atoms with Crippen LogP contribution in [-0.4, -0.2) is 56.2 Å². The predicted octanol–water partition coefficient (Wildman–Crippen LogP) is 1.29. The molecule has 3 N–H and O–H groups in total. The van der Waals surface area contributed by atoms with Gasteiger partial charge in [-0.15, -0.1) is 24.8 Å². The van der Waals surface area contributed by atoms with Gasteiger partial charge in [-0.25, -0.2) is 0 Å². The minimum atomic E-state index is -0.455. The van der Waals surface area contributed by atoms with Crippen LogP contribution < -0.4 is 11.1 Å². The number of morpholine rings is 1. The second kappa shape index (κ2) is 10.6. The Kier molecular flexibility index (Phi) is 11.7. The van der Waals surface area contributed by atoms with Crippen molar-refractivity contribution in [3.05, 3.63) is 0 Å². The number of hydrogen-bond donors (Lipinski definition) is 2. The molecule has 1 saturated heterocycles. The Morgan fingerprint density at radius 1 is 1.29 bits per heavy atom. The Bertz CT molecular complexity index is 292.